The minimum Gasteiger partial charge on any atom is -0.399 e. The molecule has 0 saturated heterocycles. The quantitative estimate of drug-likeness (QED) is 0.607. The maximum Gasteiger partial charge on any atom is 0.221 e. The second kappa shape index (κ2) is 5.02. The van der Waals surface area contributed by atoms with Crippen LogP contribution in [0.2, 0.25) is 0 Å². The van der Waals surface area contributed by atoms with Gasteiger partial charge in [-0.05, 0) is 18.2 Å². The lowest BCUT2D eigenvalue weighted by Gasteiger charge is -2.07. The average Bonchev–Trinajstić information content (AvgIpc) is 2.15. The van der Waals surface area contributed by atoms with Gasteiger partial charge in [0.25, 0.3) is 0 Å². The molecule has 1 aromatic carbocycles. The van der Waals surface area contributed by atoms with E-state index in [1.54, 1.807) is 19.1 Å². The predicted molar refractivity (Wildman–Crippen MR) is 59.9 cm³/mol. The number of halogens is 1. The Morgan fingerprint density at radius 2 is 2.27 bits per heavy atom. The maximum absolute atomic E-state index is 13.3. The van der Waals surface area contributed by atoms with Gasteiger partial charge < -0.3 is 11.5 Å². The van der Waals surface area contributed by atoms with Crippen LogP contribution in [0.25, 0.3) is 0 Å². The van der Waals surface area contributed by atoms with Crippen molar-refractivity contribution in [3.05, 3.63) is 24.0 Å². The number of carbonyl (C=O) groups is 1. The van der Waals surface area contributed by atoms with E-state index in [4.69, 9.17) is 11.5 Å². The van der Waals surface area contributed by atoms with Crippen LogP contribution in [0, 0.1) is 11.7 Å². The molecule has 0 radical (unpaired) electrons. The van der Waals surface area contributed by atoms with Crippen molar-refractivity contribution in [3.8, 4) is 0 Å². The molecule has 15 heavy (non-hydrogen) atoms. The first-order chi connectivity index (χ1) is 7.00. The van der Waals surface area contributed by atoms with Crippen LogP contribution in [0.4, 0.5) is 10.1 Å². The molecular weight excluding hydrogens is 215 g/mol. The third-order valence-electron chi connectivity index (χ3n) is 1.93. The van der Waals surface area contributed by atoms with Gasteiger partial charge in [0.05, 0.1) is 0 Å². The Hall–Kier alpha value is -1.23. The number of carbonyl (C=O) groups excluding carboxylic acids is 1. The topological polar surface area (TPSA) is 69.1 Å². The number of rotatable bonds is 4. The van der Waals surface area contributed by atoms with Crippen molar-refractivity contribution in [2.24, 2.45) is 11.7 Å². The normalized spacial score (nSPS) is 12.4. The van der Waals surface area contributed by atoms with Gasteiger partial charge in [0.2, 0.25) is 5.91 Å². The fraction of sp³-hybridized carbons (Fsp3) is 0.300. The summed E-state index contributed by atoms with van der Waals surface area (Å²) in [5.41, 5.74) is 10.9. The number of amides is 1. The standard InChI is InChI=1S/C10H13FN2OS/c1-6(10(13)14)5-15-9-3-2-7(12)4-8(9)11/h2-4,6H,5,12H2,1H3,(H2,13,14). The first-order valence-corrected chi connectivity index (χ1v) is 5.46. The molecule has 0 aliphatic heterocycles. The Morgan fingerprint density at radius 3 is 2.80 bits per heavy atom. The van der Waals surface area contributed by atoms with Crippen LogP contribution < -0.4 is 11.5 Å². The molecule has 4 N–H and O–H groups in total. The highest BCUT2D eigenvalue weighted by Gasteiger charge is 2.10. The Balaban J connectivity index is 2.62. The van der Waals surface area contributed by atoms with E-state index in [-0.39, 0.29) is 17.6 Å². The minimum atomic E-state index is -0.377. The van der Waals surface area contributed by atoms with E-state index in [1.165, 1.54) is 17.8 Å². The van der Waals surface area contributed by atoms with Gasteiger partial charge >= 0.3 is 0 Å². The summed E-state index contributed by atoms with van der Waals surface area (Å²) in [7, 11) is 0. The summed E-state index contributed by atoms with van der Waals surface area (Å²) >= 11 is 1.26. The van der Waals surface area contributed by atoms with Crippen molar-refractivity contribution in [3.63, 3.8) is 0 Å². The van der Waals surface area contributed by atoms with Gasteiger partial charge in [0.1, 0.15) is 5.82 Å². The summed E-state index contributed by atoms with van der Waals surface area (Å²) in [6.45, 7) is 1.71. The van der Waals surface area contributed by atoms with Gasteiger partial charge in [-0.1, -0.05) is 6.92 Å². The van der Waals surface area contributed by atoms with E-state index in [2.05, 4.69) is 0 Å². The van der Waals surface area contributed by atoms with Crippen LogP contribution in [-0.2, 0) is 4.79 Å². The summed E-state index contributed by atoms with van der Waals surface area (Å²) < 4.78 is 13.3. The molecule has 1 rings (SSSR count). The zero-order valence-electron chi connectivity index (χ0n) is 8.37. The molecule has 0 fully saturated rings. The lowest BCUT2D eigenvalue weighted by atomic mass is 10.2. The van der Waals surface area contributed by atoms with Crippen molar-refractivity contribution in [1.82, 2.24) is 0 Å². The molecule has 1 aromatic rings. The van der Waals surface area contributed by atoms with E-state index in [1.807, 2.05) is 0 Å². The number of primary amides is 1. The lowest BCUT2D eigenvalue weighted by Crippen LogP contribution is -2.22. The molecule has 1 amide bonds. The number of hydrogen-bond acceptors (Lipinski definition) is 3. The molecular formula is C10H13FN2OS. The zero-order valence-corrected chi connectivity index (χ0v) is 9.18. The molecule has 0 saturated carbocycles. The van der Waals surface area contributed by atoms with Crippen LogP contribution in [-0.4, -0.2) is 11.7 Å². The van der Waals surface area contributed by atoms with E-state index < -0.39 is 0 Å². The first-order valence-electron chi connectivity index (χ1n) is 4.48. The van der Waals surface area contributed by atoms with Crippen LogP contribution in [0.5, 0.6) is 0 Å². The van der Waals surface area contributed by atoms with Crippen molar-refractivity contribution < 1.29 is 9.18 Å². The molecule has 1 unspecified atom stereocenters. The molecule has 0 spiro atoms. The largest absolute Gasteiger partial charge is 0.399 e. The Kier molecular flexibility index (Phi) is 3.96. The average molecular weight is 228 g/mol. The number of nitrogen functional groups attached to an aromatic ring is 1. The molecule has 0 aromatic heterocycles. The number of benzene rings is 1. The van der Waals surface area contributed by atoms with Crippen LogP contribution in [0.3, 0.4) is 0 Å². The number of nitrogens with two attached hydrogens (primary N) is 2. The van der Waals surface area contributed by atoms with Gasteiger partial charge in [-0.2, -0.15) is 0 Å². The number of hydrogen-bond donors (Lipinski definition) is 2. The fourth-order valence-corrected chi connectivity index (χ4v) is 1.89. The van der Waals surface area contributed by atoms with Crippen LogP contribution in [0.1, 0.15) is 6.92 Å². The summed E-state index contributed by atoms with van der Waals surface area (Å²) in [5, 5.41) is 0. The molecule has 5 heteroatoms. The van der Waals surface area contributed by atoms with E-state index in [0.29, 0.717) is 16.3 Å². The van der Waals surface area contributed by atoms with Crippen LogP contribution >= 0.6 is 11.8 Å². The van der Waals surface area contributed by atoms with E-state index in [9.17, 15) is 9.18 Å². The van der Waals surface area contributed by atoms with Crippen molar-refractivity contribution in [2.45, 2.75) is 11.8 Å². The molecule has 82 valence electrons. The highest BCUT2D eigenvalue weighted by atomic mass is 32.2. The van der Waals surface area contributed by atoms with Crippen molar-refractivity contribution in [2.75, 3.05) is 11.5 Å². The third-order valence-corrected chi connectivity index (χ3v) is 3.24. The summed E-state index contributed by atoms with van der Waals surface area (Å²) in [6, 6.07) is 4.49. The SMILES string of the molecule is CC(CSc1ccc(N)cc1F)C(N)=O. The Morgan fingerprint density at radius 1 is 1.60 bits per heavy atom. The molecule has 3 nitrogen and oxygen atoms in total. The number of thioether (sulfide) groups is 1. The molecule has 0 heterocycles. The summed E-state index contributed by atoms with van der Waals surface area (Å²) in [5.74, 6) is -0.544. The van der Waals surface area contributed by atoms with Gasteiger partial charge in [-0.25, -0.2) is 4.39 Å². The monoisotopic (exact) mass is 228 g/mol. The number of anilines is 1. The van der Waals surface area contributed by atoms with Gasteiger partial charge in [0, 0.05) is 22.3 Å². The van der Waals surface area contributed by atoms with Gasteiger partial charge in [-0.15, -0.1) is 11.8 Å². The van der Waals surface area contributed by atoms with E-state index >= 15 is 0 Å². The van der Waals surface area contributed by atoms with Crippen molar-refractivity contribution >= 4 is 23.4 Å². The second-order valence-corrected chi connectivity index (χ2v) is 4.37. The molecule has 0 aliphatic carbocycles. The van der Waals surface area contributed by atoms with Gasteiger partial charge in [0.15, 0.2) is 0 Å². The smallest absolute Gasteiger partial charge is 0.221 e. The Labute approximate surface area is 92.0 Å². The summed E-state index contributed by atoms with van der Waals surface area (Å²) in [4.78, 5) is 11.2. The first kappa shape index (κ1) is 11.8. The maximum atomic E-state index is 13.3. The predicted octanol–water partition coefficient (Wildman–Crippen LogP) is 1.62. The molecule has 1 atom stereocenters. The molecule has 0 aliphatic rings. The molecule has 0 bridgehead atoms. The third kappa shape index (κ3) is 3.43. The lowest BCUT2D eigenvalue weighted by molar-refractivity contribution is -0.120. The fourth-order valence-electron chi connectivity index (χ4n) is 0.931. The van der Waals surface area contributed by atoms with E-state index in [0.717, 1.165) is 0 Å². The second-order valence-electron chi connectivity index (χ2n) is 3.30. The van der Waals surface area contributed by atoms with Crippen molar-refractivity contribution in [1.29, 1.82) is 0 Å². The van der Waals surface area contributed by atoms with Crippen LogP contribution in [0.15, 0.2) is 23.1 Å². The minimum absolute atomic E-state index is 0.271. The Bertz CT molecular complexity index is 370. The highest BCUT2D eigenvalue weighted by Crippen LogP contribution is 2.25. The zero-order chi connectivity index (χ0) is 11.4. The highest BCUT2D eigenvalue weighted by molar-refractivity contribution is 7.99. The van der Waals surface area contributed by atoms with Gasteiger partial charge in [-0.3, -0.25) is 4.79 Å². The summed E-state index contributed by atoms with van der Waals surface area (Å²) in [6.07, 6.45) is 0.